The molecule has 17 heavy (non-hydrogen) atoms. The van der Waals surface area contributed by atoms with Crippen LogP contribution in [-0.4, -0.2) is 21.1 Å². The summed E-state index contributed by atoms with van der Waals surface area (Å²) in [6.45, 7) is 8.49. The minimum absolute atomic E-state index is 0.773. The molecule has 4 heteroatoms. The number of aryl methyl sites for hydroxylation is 2. The van der Waals surface area contributed by atoms with Gasteiger partial charge in [-0.15, -0.1) is 0 Å². The number of nitrogens with zero attached hydrogens (tertiary/aromatic N) is 2. The third-order valence-electron chi connectivity index (χ3n) is 3.06. The molecule has 1 aromatic rings. The molecule has 0 spiro atoms. The summed E-state index contributed by atoms with van der Waals surface area (Å²) in [5, 5.41) is 2.02. The molecule has 0 aliphatic rings. The summed E-state index contributed by atoms with van der Waals surface area (Å²) < 4.78 is 0. The minimum Gasteiger partial charge on any atom is -0.228 e. The number of halogens is 1. The Morgan fingerprint density at radius 2 is 1.71 bits per heavy atom. The van der Waals surface area contributed by atoms with Crippen LogP contribution in [0.2, 0.25) is 0 Å². The summed E-state index contributed by atoms with van der Waals surface area (Å²) in [5.41, 5.74) is 3.42. The second kappa shape index (κ2) is 7.37. The lowest BCUT2D eigenvalue weighted by molar-refractivity contribution is 0.554. The van der Waals surface area contributed by atoms with Gasteiger partial charge in [-0.3, -0.25) is 0 Å². The van der Waals surface area contributed by atoms with Gasteiger partial charge in [0.1, 0.15) is 0 Å². The van der Waals surface area contributed by atoms with Gasteiger partial charge in [0.15, 0.2) is 5.16 Å². The Balaban J connectivity index is 2.47. The van der Waals surface area contributed by atoms with E-state index in [1.807, 2.05) is 0 Å². The quantitative estimate of drug-likeness (QED) is 0.444. The van der Waals surface area contributed by atoms with Crippen molar-refractivity contribution in [1.29, 1.82) is 0 Å². The van der Waals surface area contributed by atoms with Crippen molar-refractivity contribution < 1.29 is 0 Å². The number of thioether (sulfide) groups is 1. The fourth-order valence-electron chi connectivity index (χ4n) is 1.49. The highest BCUT2D eigenvalue weighted by atomic mass is 79.9. The molecule has 0 bridgehead atoms. The first-order chi connectivity index (χ1) is 8.04. The van der Waals surface area contributed by atoms with Crippen LogP contribution in [0.4, 0.5) is 0 Å². The number of hydrogen-bond donors (Lipinski definition) is 0. The van der Waals surface area contributed by atoms with Gasteiger partial charge in [-0.1, -0.05) is 34.6 Å². The third-order valence-corrected chi connectivity index (χ3v) is 4.39. The Hall–Kier alpha value is -0.0900. The van der Waals surface area contributed by atoms with Gasteiger partial charge in [0.05, 0.1) is 0 Å². The van der Waals surface area contributed by atoms with Crippen molar-refractivity contribution in [3.8, 4) is 0 Å². The topological polar surface area (TPSA) is 25.8 Å². The molecule has 2 nitrogen and oxygen atoms in total. The van der Waals surface area contributed by atoms with Gasteiger partial charge in [-0.05, 0) is 45.1 Å². The number of aromatic nitrogens is 2. The summed E-state index contributed by atoms with van der Waals surface area (Å²) in [6.07, 6.45) is 2.47. The molecule has 1 heterocycles. The molecule has 1 aromatic heterocycles. The van der Waals surface area contributed by atoms with Crippen LogP contribution in [0, 0.1) is 26.7 Å². The predicted molar refractivity (Wildman–Crippen MR) is 79.2 cm³/mol. The van der Waals surface area contributed by atoms with Crippen LogP contribution in [0.1, 0.15) is 36.7 Å². The average Bonchev–Trinajstić information content (AvgIpc) is 2.26. The maximum Gasteiger partial charge on any atom is 0.187 e. The van der Waals surface area contributed by atoms with Gasteiger partial charge in [-0.2, -0.15) is 0 Å². The van der Waals surface area contributed by atoms with Crippen molar-refractivity contribution in [2.45, 2.75) is 45.7 Å². The summed E-state index contributed by atoms with van der Waals surface area (Å²) in [7, 11) is 0. The summed E-state index contributed by atoms with van der Waals surface area (Å²) in [6, 6.07) is 0. The van der Waals surface area contributed by atoms with E-state index in [4.69, 9.17) is 0 Å². The zero-order valence-electron chi connectivity index (χ0n) is 11.1. The van der Waals surface area contributed by atoms with Crippen LogP contribution in [-0.2, 0) is 0 Å². The molecule has 0 amide bonds. The van der Waals surface area contributed by atoms with Crippen molar-refractivity contribution in [3.63, 3.8) is 0 Å². The fraction of sp³-hybridized carbons (Fsp3) is 0.692. The maximum absolute atomic E-state index is 4.52. The molecule has 0 aliphatic heterocycles. The Bertz CT molecular complexity index is 345. The molecular weight excluding hydrogens is 296 g/mol. The van der Waals surface area contributed by atoms with E-state index in [-0.39, 0.29) is 0 Å². The van der Waals surface area contributed by atoms with Crippen LogP contribution in [0.15, 0.2) is 5.16 Å². The molecule has 1 rings (SSSR count). The summed E-state index contributed by atoms with van der Waals surface area (Å²) >= 11 is 5.26. The molecule has 0 saturated heterocycles. The first-order valence-corrected chi connectivity index (χ1v) is 8.16. The van der Waals surface area contributed by atoms with E-state index < -0.39 is 0 Å². The van der Waals surface area contributed by atoms with Crippen molar-refractivity contribution >= 4 is 27.7 Å². The van der Waals surface area contributed by atoms with E-state index in [1.54, 1.807) is 11.8 Å². The molecule has 0 aliphatic carbocycles. The second-order valence-electron chi connectivity index (χ2n) is 4.52. The van der Waals surface area contributed by atoms with Gasteiger partial charge in [0.2, 0.25) is 0 Å². The molecule has 0 radical (unpaired) electrons. The number of hydrogen-bond acceptors (Lipinski definition) is 3. The normalized spacial score (nSPS) is 12.8. The van der Waals surface area contributed by atoms with Gasteiger partial charge < -0.3 is 0 Å². The molecule has 96 valence electrons. The molecule has 0 fully saturated rings. The second-order valence-corrected chi connectivity index (χ2v) is 6.38. The van der Waals surface area contributed by atoms with E-state index in [1.165, 1.54) is 18.4 Å². The van der Waals surface area contributed by atoms with Gasteiger partial charge in [0, 0.05) is 22.5 Å². The van der Waals surface area contributed by atoms with Crippen molar-refractivity contribution in [2.75, 3.05) is 11.1 Å². The molecule has 0 N–H and O–H groups in total. The lowest BCUT2D eigenvalue weighted by Gasteiger charge is -2.09. The smallest absolute Gasteiger partial charge is 0.187 e. The molecule has 1 unspecified atom stereocenters. The molecule has 0 saturated carbocycles. The Morgan fingerprint density at radius 3 is 2.24 bits per heavy atom. The zero-order chi connectivity index (χ0) is 12.8. The van der Waals surface area contributed by atoms with E-state index >= 15 is 0 Å². The van der Waals surface area contributed by atoms with E-state index in [0.717, 1.165) is 33.5 Å². The van der Waals surface area contributed by atoms with Crippen LogP contribution in [0.25, 0.3) is 0 Å². The lowest BCUT2D eigenvalue weighted by atomic mass is 10.1. The highest BCUT2D eigenvalue weighted by Crippen LogP contribution is 2.20. The maximum atomic E-state index is 4.52. The van der Waals surface area contributed by atoms with Crippen molar-refractivity contribution in [1.82, 2.24) is 9.97 Å². The van der Waals surface area contributed by atoms with Gasteiger partial charge >= 0.3 is 0 Å². The van der Waals surface area contributed by atoms with E-state index in [0.29, 0.717) is 0 Å². The zero-order valence-corrected chi connectivity index (χ0v) is 13.5. The highest BCUT2D eigenvalue weighted by molar-refractivity contribution is 9.09. The highest BCUT2D eigenvalue weighted by Gasteiger charge is 2.06. The largest absolute Gasteiger partial charge is 0.228 e. The first-order valence-electron chi connectivity index (χ1n) is 6.05. The van der Waals surface area contributed by atoms with Crippen LogP contribution >= 0.6 is 27.7 Å². The standard InChI is InChI=1S/C13H21BrN2S/c1-9(5-7-14)6-8-17-13-15-11(3)10(2)12(4)16-13/h9H,5-8H2,1-4H3. The SMILES string of the molecule is Cc1nc(SCCC(C)CCBr)nc(C)c1C. The molecule has 0 aromatic carbocycles. The van der Waals surface area contributed by atoms with Crippen LogP contribution < -0.4 is 0 Å². The van der Waals surface area contributed by atoms with E-state index in [2.05, 4.69) is 53.6 Å². The van der Waals surface area contributed by atoms with E-state index in [9.17, 15) is 0 Å². The van der Waals surface area contributed by atoms with Crippen molar-refractivity contribution in [2.24, 2.45) is 5.92 Å². The van der Waals surface area contributed by atoms with Crippen LogP contribution in [0.3, 0.4) is 0 Å². The summed E-state index contributed by atoms with van der Waals surface area (Å²) in [4.78, 5) is 9.04. The van der Waals surface area contributed by atoms with Crippen molar-refractivity contribution in [3.05, 3.63) is 17.0 Å². The van der Waals surface area contributed by atoms with Gasteiger partial charge in [-0.25, -0.2) is 9.97 Å². The lowest BCUT2D eigenvalue weighted by Crippen LogP contribution is -2.00. The predicted octanol–water partition coefficient (Wildman–Crippen LogP) is 4.31. The summed E-state index contributed by atoms with van der Waals surface area (Å²) in [5.74, 6) is 1.88. The molecule has 1 atom stereocenters. The monoisotopic (exact) mass is 316 g/mol. The fourth-order valence-corrected chi connectivity index (χ4v) is 3.38. The number of rotatable bonds is 6. The minimum atomic E-state index is 0.773. The Labute approximate surface area is 117 Å². The Morgan fingerprint density at radius 1 is 1.12 bits per heavy atom. The van der Waals surface area contributed by atoms with Crippen LogP contribution in [0.5, 0.6) is 0 Å². The Kier molecular flexibility index (Phi) is 6.49. The third kappa shape index (κ3) is 4.96. The number of alkyl halides is 1. The van der Waals surface area contributed by atoms with Gasteiger partial charge in [0.25, 0.3) is 0 Å². The average molecular weight is 317 g/mol. The molecular formula is C13H21BrN2S. The first kappa shape index (κ1) is 15.0.